The van der Waals surface area contributed by atoms with Gasteiger partial charge in [0.1, 0.15) is 23.4 Å². The zero-order chi connectivity index (χ0) is 31.9. The second-order valence-electron chi connectivity index (χ2n) is 11.6. The van der Waals surface area contributed by atoms with Gasteiger partial charge in [0.2, 0.25) is 5.91 Å². The van der Waals surface area contributed by atoms with Gasteiger partial charge in [0.05, 0.1) is 10.7 Å². The molecule has 0 spiro atoms. The van der Waals surface area contributed by atoms with E-state index < -0.39 is 41.6 Å². The molecule has 0 radical (unpaired) electrons. The van der Waals surface area contributed by atoms with Crippen molar-refractivity contribution in [2.45, 2.75) is 71.7 Å². The molecule has 3 N–H and O–H groups in total. The van der Waals surface area contributed by atoms with E-state index in [1.807, 2.05) is 19.1 Å². The number of phenolic OH excluding ortho intramolecular Hbond substituents is 1. The van der Waals surface area contributed by atoms with Gasteiger partial charge in [0.15, 0.2) is 0 Å². The number of hydrogen-bond donors (Lipinski definition) is 3. The number of carbonyl (C=O) groups is 3. The van der Waals surface area contributed by atoms with Crippen LogP contribution in [0, 0.1) is 6.92 Å². The van der Waals surface area contributed by atoms with Crippen LogP contribution in [0.4, 0.5) is 10.5 Å². The Morgan fingerprint density at radius 2 is 1.70 bits per heavy atom. The number of carbonyl (C=O) groups excluding carboxylic acids is 3. The molecule has 9 heteroatoms. The lowest BCUT2D eigenvalue weighted by Crippen LogP contribution is -2.55. The Hall–Kier alpha value is -4.30. The summed E-state index contributed by atoms with van der Waals surface area (Å²) in [6, 6.07) is 16.2. The number of nitrogens with one attached hydrogen (secondary N) is 2. The van der Waals surface area contributed by atoms with Crippen LogP contribution >= 0.6 is 11.6 Å². The van der Waals surface area contributed by atoms with Gasteiger partial charge in [0.25, 0.3) is 5.91 Å². The lowest BCUT2D eigenvalue weighted by Gasteiger charge is -2.37. The Balaban J connectivity index is 2.11. The molecule has 0 fully saturated rings. The Labute approximate surface area is 258 Å². The Morgan fingerprint density at radius 1 is 1.05 bits per heavy atom. The highest BCUT2D eigenvalue weighted by molar-refractivity contribution is 6.34. The van der Waals surface area contributed by atoms with Crippen molar-refractivity contribution in [1.82, 2.24) is 10.2 Å². The molecule has 3 aromatic carbocycles. The number of amides is 3. The van der Waals surface area contributed by atoms with Crippen LogP contribution in [0.2, 0.25) is 5.02 Å². The van der Waals surface area contributed by atoms with Gasteiger partial charge in [-0.25, -0.2) is 4.79 Å². The first kappa shape index (κ1) is 33.2. The Morgan fingerprint density at radius 3 is 2.28 bits per heavy atom. The van der Waals surface area contributed by atoms with Crippen LogP contribution in [0.25, 0.3) is 6.08 Å². The number of aromatic hydroxyl groups is 1. The van der Waals surface area contributed by atoms with Crippen molar-refractivity contribution in [1.29, 1.82) is 0 Å². The molecule has 8 nitrogen and oxygen atoms in total. The third-order valence-corrected chi connectivity index (χ3v) is 6.95. The molecule has 0 saturated carbocycles. The number of halogens is 1. The van der Waals surface area contributed by atoms with E-state index in [2.05, 4.69) is 17.2 Å². The number of rotatable bonds is 10. The highest BCUT2D eigenvalue weighted by atomic mass is 35.5. The van der Waals surface area contributed by atoms with Crippen LogP contribution in [-0.4, -0.2) is 45.6 Å². The fraction of sp³-hybridized carbons (Fsp3) is 0.324. The Kier molecular flexibility index (Phi) is 11.0. The largest absolute Gasteiger partial charge is 0.508 e. The zero-order valence-electron chi connectivity index (χ0n) is 25.5. The lowest BCUT2D eigenvalue weighted by molar-refractivity contribution is -0.142. The van der Waals surface area contributed by atoms with Crippen molar-refractivity contribution in [2.24, 2.45) is 0 Å². The number of benzene rings is 3. The van der Waals surface area contributed by atoms with Gasteiger partial charge >= 0.3 is 6.09 Å². The van der Waals surface area contributed by atoms with E-state index in [-0.39, 0.29) is 12.2 Å². The minimum absolute atomic E-state index is 0.0734. The van der Waals surface area contributed by atoms with E-state index in [4.69, 9.17) is 16.3 Å². The van der Waals surface area contributed by atoms with Crippen molar-refractivity contribution in [3.05, 3.63) is 101 Å². The van der Waals surface area contributed by atoms with Gasteiger partial charge in [-0.2, -0.15) is 0 Å². The second-order valence-corrected chi connectivity index (χ2v) is 12.0. The summed E-state index contributed by atoms with van der Waals surface area (Å²) in [5.74, 6) is -0.890. The second kappa shape index (κ2) is 14.2. The van der Waals surface area contributed by atoms with Crippen molar-refractivity contribution in [3.8, 4) is 5.75 Å². The summed E-state index contributed by atoms with van der Waals surface area (Å²) in [6.45, 7) is 14.5. The number of phenols is 1. The van der Waals surface area contributed by atoms with E-state index in [1.165, 1.54) is 17.0 Å². The summed E-state index contributed by atoms with van der Waals surface area (Å²) >= 11 is 6.45. The molecule has 43 heavy (non-hydrogen) atoms. The van der Waals surface area contributed by atoms with Gasteiger partial charge in [-0.05, 0) is 88.1 Å². The minimum atomic E-state index is -1.10. The Bertz CT molecular complexity index is 1440. The smallest absolute Gasteiger partial charge is 0.408 e. The first-order chi connectivity index (χ1) is 20.2. The third-order valence-electron chi connectivity index (χ3n) is 6.63. The lowest BCUT2D eigenvalue weighted by atomic mass is 9.97. The molecule has 0 aliphatic carbocycles. The van der Waals surface area contributed by atoms with Crippen molar-refractivity contribution in [2.75, 3.05) is 5.32 Å². The number of aryl methyl sites for hydroxylation is 1. The summed E-state index contributed by atoms with van der Waals surface area (Å²) in [5.41, 5.74) is 2.43. The van der Waals surface area contributed by atoms with Crippen LogP contribution < -0.4 is 10.6 Å². The van der Waals surface area contributed by atoms with Crippen molar-refractivity contribution < 1.29 is 24.2 Å². The SMILES string of the molecule is C=Cc1cccc(C(C(=O)Nc2c(C)cccc2Cl)N(C(=O)C(Cc2ccc(O)cc2)NC(=O)OC(C)(C)C)C(C)C)c1. The highest BCUT2D eigenvalue weighted by Gasteiger charge is 2.38. The van der Waals surface area contributed by atoms with Crippen LogP contribution in [0.3, 0.4) is 0 Å². The average Bonchev–Trinajstić information content (AvgIpc) is 2.93. The molecule has 3 rings (SSSR count). The number of hydrogen-bond acceptors (Lipinski definition) is 5. The van der Waals surface area contributed by atoms with Crippen LogP contribution in [0.15, 0.2) is 73.3 Å². The summed E-state index contributed by atoms with van der Waals surface area (Å²) < 4.78 is 5.48. The number of nitrogens with zero attached hydrogens (tertiary/aromatic N) is 1. The third kappa shape index (κ3) is 9.09. The molecule has 0 aliphatic heterocycles. The predicted molar refractivity (Wildman–Crippen MR) is 171 cm³/mol. The maximum atomic E-state index is 14.5. The predicted octanol–water partition coefficient (Wildman–Crippen LogP) is 7.05. The van der Waals surface area contributed by atoms with E-state index in [1.54, 1.807) is 83.2 Å². The molecular weight excluding hydrogens is 566 g/mol. The number of anilines is 1. The number of alkyl carbamates (subject to hydrolysis) is 1. The normalized spacial score (nSPS) is 12.7. The summed E-state index contributed by atoms with van der Waals surface area (Å²) in [5, 5.41) is 15.8. The van der Waals surface area contributed by atoms with E-state index in [0.29, 0.717) is 21.8 Å². The fourth-order valence-electron chi connectivity index (χ4n) is 4.65. The molecule has 2 atom stereocenters. The number of para-hydroxylation sites is 1. The van der Waals surface area contributed by atoms with E-state index >= 15 is 0 Å². The van der Waals surface area contributed by atoms with Crippen LogP contribution in [0.5, 0.6) is 5.75 Å². The van der Waals surface area contributed by atoms with Crippen LogP contribution in [0.1, 0.15) is 62.9 Å². The topological polar surface area (TPSA) is 108 Å². The molecule has 0 aromatic heterocycles. The monoisotopic (exact) mass is 605 g/mol. The van der Waals surface area contributed by atoms with Crippen molar-refractivity contribution >= 4 is 41.3 Å². The van der Waals surface area contributed by atoms with Gasteiger partial charge < -0.3 is 25.4 Å². The van der Waals surface area contributed by atoms with Gasteiger partial charge in [0, 0.05) is 12.5 Å². The highest BCUT2D eigenvalue weighted by Crippen LogP contribution is 2.31. The first-order valence-electron chi connectivity index (χ1n) is 14.1. The molecule has 0 bridgehead atoms. The molecule has 3 aromatic rings. The zero-order valence-corrected chi connectivity index (χ0v) is 26.2. The minimum Gasteiger partial charge on any atom is -0.508 e. The van der Waals surface area contributed by atoms with Gasteiger partial charge in [-0.3, -0.25) is 9.59 Å². The maximum Gasteiger partial charge on any atom is 0.408 e. The first-order valence-corrected chi connectivity index (χ1v) is 14.5. The van der Waals surface area contributed by atoms with E-state index in [0.717, 1.165) is 11.1 Å². The van der Waals surface area contributed by atoms with E-state index in [9.17, 15) is 19.5 Å². The standard InChI is InChI=1S/C34H40ClN3O5/c1-8-23-12-10-13-25(19-23)30(31(40)37-29-22(4)11-9-14-27(29)35)38(21(2)3)32(41)28(36-33(42)43-34(5,6)7)20-24-15-17-26(39)18-16-24/h8-19,21,28,30,39H,1,20H2,2-7H3,(H,36,42)(H,37,40). The van der Waals surface area contributed by atoms with Crippen molar-refractivity contribution in [3.63, 3.8) is 0 Å². The molecule has 0 heterocycles. The molecule has 2 unspecified atom stereocenters. The summed E-state index contributed by atoms with van der Waals surface area (Å²) in [4.78, 5) is 43.1. The number of ether oxygens (including phenoxy) is 1. The summed E-state index contributed by atoms with van der Waals surface area (Å²) in [6.07, 6.45) is 0.983. The molecule has 3 amide bonds. The molecule has 0 aliphatic rings. The van der Waals surface area contributed by atoms with Gasteiger partial charge in [-0.1, -0.05) is 66.7 Å². The average molecular weight is 606 g/mol. The molecule has 0 saturated heterocycles. The quantitative estimate of drug-likeness (QED) is 0.229. The maximum absolute atomic E-state index is 14.5. The summed E-state index contributed by atoms with van der Waals surface area (Å²) in [7, 11) is 0. The molecule has 228 valence electrons. The van der Waals surface area contributed by atoms with Gasteiger partial charge in [-0.15, -0.1) is 0 Å². The fourth-order valence-corrected chi connectivity index (χ4v) is 4.92. The molecular formula is C34H40ClN3O5. The van der Waals surface area contributed by atoms with Crippen LogP contribution in [-0.2, 0) is 20.7 Å².